The van der Waals surface area contributed by atoms with Gasteiger partial charge in [0.15, 0.2) is 0 Å². The van der Waals surface area contributed by atoms with Crippen molar-refractivity contribution in [2.75, 3.05) is 11.9 Å². The third-order valence-electron chi connectivity index (χ3n) is 4.84. The van der Waals surface area contributed by atoms with Crippen molar-refractivity contribution in [2.45, 2.75) is 45.1 Å². The highest BCUT2D eigenvalue weighted by Crippen LogP contribution is 2.34. The molecule has 0 aromatic heterocycles. The van der Waals surface area contributed by atoms with Gasteiger partial charge < -0.3 is 4.90 Å². The van der Waals surface area contributed by atoms with Crippen LogP contribution in [0.2, 0.25) is 0 Å². The molecule has 0 N–H and O–H groups in total. The zero-order chi connectivity index (χ0) is 16.6. The molecule has 0 unspecified atom stereocenters. The van der Waals surface area contributed by atoms with Gasteiger partial charge in [0.05, 0.1) is 5.69 Å². The molecule has 122 valence electrons. The summed E-state index contributed by atoms with van der Waals surface area (Å²) >= 11 is 6.26. The summed E-state index contributed by atoms with van der Waals surface area (Å²) in [7, 11) is 1.88. The van der Waals surface area contributed by atoms with Crippen LogP contribution in [0.25, 0.3) is 0 Å². The Labute approximate surface area is 141 Å². The van der Waals surface area contributed by atoms with Crippen LogP contribution in [-0.4, -0.2) is 29.8 Å². The second-order valence-electron chi connectivity index (χ2n) is 6.30. The van der Waals surface area contributed by atoms with Gasteiger partial charge in [-0.05, 0) is 31.4 Å². The van der Waals surface area contributed by atoms with Crippen LogP contribution in [-0.2, 0) is 9.59 Å². The number of nitrogens with zero attached hydrogens (tertiary/aromatic N) is 2. The summed E-state index contributed by atoms with van der Waals surface area (Å²) in [6.07, 6.45) is 5.62. The third kappa shape index (κ3) is 2.76. The normalized spacial score (nSPS) is 19.7. The maximum atomic E-state index is 12.9. The van der Waals surface area contributed by atoms with E-state index in [-0.39, 0.29) is 17.0 Å². The molecule has 0 saturated heterocycles. The van der Waals surface area contributed by atoms with Crippen LogP contribution in [0, 0.1) is 6.92 Å². The Morgan fingerprint density at radius 2 is 1.74 bits per heavy atom. The van der Waals surface area contributed by atoms with Crippen LogP contribution in [0.5, 0.6) is 0 Å². The topological polar surface area (TPSA) is 40.6 Å². The summed E-state index contributed by atoms with van der Waals surface area (Å²) in [6, 6.07) is 7.64. The number of para-hydroxylation sites is 1. The van der Waals surface area contributed by atoms with E-state index in [4.69, 9.17) is 11.6 Å². The quantitative estimate of drug-likeness (QED) is 0.794. The Balaban J connectivity index is 1.92. The zero-order valence-electron chi connectivity index (χ0n) is 13.5. The molecule has 1 aliphatic carbocycles. The highest BCUT2D eigenvalue weighted by molar-refractivity contribution is 6.52. The first kappa shape index (κ1) is 16.1. The third-order valence-corrected chi connectivity index (χ3v) is 5.18. The smallest absolute Gasteiger partial charge is 0.283 e. The van der Waals surface area contributed by atoms with Gasteiger partial charge in [-0.2, -0.15) is 0 Å². The number of anilines is 1. The second kappa shape index (κ2) is 6.36. The molecule has 5 heteroatoms. The molecule has 0 radical (unpaired) electrons. The van der Waals surface area contributed by atoms with Crippen LogP contribution < -0.4 is 4.90 Å². The number of imide groups is 1. The Morgan fingerprint density at radius 1 is 1.09 bits per heavy atom. The van der Waals surface area contributed by atoms with E-state index >= 15 is 0 Å². The Kier molecular flexibility index (Phi) is 4.44. The van der Waals surface area contributed by atoms with E-state index in [0.29, 0.717) is 11.4 Å². The molecule has 1 aliphatic heterocycles. The number of likely N-dealkylation sites (N-methyl/N-ethyl adjacent to an activating group) is 1. The van der Waals surface area contributed by atoms with E-state index in [9.17, 15) is 9.59 Å². The first-order valence-electron chi connectivity index (χ1n) is 8.09. The van der Waals surface area contributed by atoms with Crippen molar-refractivity contribution in [3.8, 4) is 0 Å². The van der Waals surface area contributed by atoms with Gasteiger partial charge in [0.2, 0.25) is 0 Å². The summed E-state index contributed by atoms with van der Waals surface area (Å²) in [4.78, 5) is 28.6. The molecule has 23 heavy (non-hydrogen) atoms. The molecule has 0 atom stereocenters. The number of rotatable bonds is 3. The lowest BCUT2D eigenvalue weighted by Gasteiger charge is -2.33. The number of benzene rings is 1. The molecule has 1 fully saturated rings. The minimum absolute atomic E-state index is 0.0336. The lowest BCUT2D eigenvalue weighted by atomic mass is 9.94. The molecule has 2 amide bonds. The van der Waals surface area contributed by atoms with Crippen molar-refractivity contribution in [3.05, 3.63) is 40.6 Å². The Hall–Kier alpha value is -1.81. The van der Waals surface area contributed by atoms with Crippen LogP contribution in [0.15, 0.2) is 35.0 Å². The van der Waals surface area contributed by atoms with Gasteiger partial charge in [0.1, 0.15) is 10.7 Å². The van der Waals surface area contributed by atoms with Crippen LogP contribution in [0.4, 0.5) is 5.69 Å². The predicted molar refractivity (Wildman–Crippen MR) is 91.2 cm³/mol. The molecule has 1 aromatic rings. The number of aryl methyl sites for hydroxylation is 1. The van der Waals surface area contributed by atoms with Gasteiger partial charge in [-0.15, -0.1) is 0 Å². The number of hydrogen-bond acceptors (Lipinski definition) is 3. The number of carbonyl (C=O) groups excluding carboxylic acids is 2. The fourth-order valence-corrected chi connectivity index (χ4v) is 3.78. The SMILES string of the molecule is Cc1ccccc1N1C(=O)C(Cl)=C(N(C)C2CCCCC2)C1=O. The van der Waals surface area contributed by atoms with Crippen molar-refractivity contribution in [1.82, 2.24) is 4.90 Å². The lowest BCUT2D eigenvalue weighted by Crippen LogP contribution is -2.39. The molecule has 1 saturated carbocycles. The average molecular weight is 333 g/mol. The average Bonchev–Trinajstić information content (AvgIpc) is 2.78. The van der Waals surface area contributed by atoms with Gasteiger partial charge in [-0.1, -0.05) is 49.1 Å². The summed E-state index contributed by atoms with van der Waals surface area (Å²) in [5, 5.41) is 0.0336. The van der Waals surface area contributed by atoms with Gasteiger partial charge in [-0.3, -0.25) is 9.59 Å². The molecular weight excluding hydrogens is 312 g/mol. The van der Waals surface area contributed by atoms with Crippen LogP contribution >= 0.6 is 11.6 Å². The number of hydrogen-bond donors (Lipinski definition) is 0. The van der Waals surface area contributed by atoms with Crippen molar-refractivity contribution < 1.29 is 9.59 Å². The molecule has 4 nitrogen and oxygen atoms in total. The van der Waals surface area contributed by atoms with E-state index in [1.54, 1.807) is 6.07 Å². The highest BCUT2D eigenvalue weighted by Gasteiger charge is 2.42. The van der Waals surface area contributed by atoms with Crippen molar-refractivity contribution in [3.63, 3.8) is 0 Å². The minimum atomic E-state index is -0.427. The lowest BCUT2D eigenvalue weighted by molar-refractivity contribution is -0.121. The van der Waals surface area contributed by atoms with E-state index in [1.807, 2.05) is 37.1 Å². The fourth-order valence-electron chi connectivity index (χ4n) is 3.48. The number of halogens is 1. The molecular formula is C18H21ClN2O2. The maximum absolute atomic E-state index is 12.9. The molecule has 3 rings (SSSR count). The summed E-state index contributed by atoms with van der Waals surface area (Å²) in [6.45, 7) is 1.88. The van der Waals surface area contributed by atoms with E-state index in [0.717, 1.165) is 31.2 Å². The van der Waals surface area contributed by atoms with Gasteiger partial charge >= 0.3 is 0 Å². The molecule has 1 aromatic carbocycles. The molecule has 0 spiro atoms. The van der Waals surface area contributed by atoms with Crippen molar-refractivity contribution >= 4 is 29.1 Å². The summed E-state index contributed by atoms with van der Waals surface area (Å²) < 4.78 is 0. The molecule has 0 bridgehead atoms. The van der Waals surface area contributed by atoms with E-state index < -0.39 is 5.91 Å². The van der Waals surface area contributed by atoms with Gasteiger partial charge in [-0.25, -0.2) is 4.90 Å². The Bertz CT molecular complexity index is 677. The standard InChI is InChI=1S/C18H21ClN2O2/c1-12-8-6-7-11-14(12)21-17(22)15(19)16(18(21)23)20(2)13-9-4-3-5-10-13/h6-8,11,13H,3-5,9-10H2,1-2H3. The Morgan fingerprint density at radius 3 is 2.39 bits per heavy atom. The van der Waals surface area contributed by atoms with Crippen molar-refractivity contribution in [1.29, 1.82) is 0 Å². The monoisotopic (exact) mass is 332 g/mol. The van der Waals surface area contributed by atoms with E-state index in [2.05, 4.69) is 0 Å². The first-order chi connectivity index (χ1) is 11.0. The molecule has 2 aliphatic rings. The van der Waals surface area contributed by atoms with Crippen molar-refractivity contribution in [2.24, 2.45) is 0 Å². The zero-order valence-corrected chi connectivity index (χ0v) is 14.3. The maximum Gasteiger partial charge on any atom is 0.283 e. The number of carbonyl (C=O) groups is 2. The van der Waals surface area contributed by atoms with E-state index in [1.165, 1.54) is 11.3 Å². The minimum Gasteiger partial charge on any atom is -0.366 e. The first-order valence-corrected chi connectivity index (χ1v) is 8.47. The van der Waals surface area contributed by atoms with Crippen LogP contribution in [0.1, 0.15) is 37.7 Å². The summed E-state index contributed by atoms with van der Waals surface area (Å²) in [5.41, 5.74) is 1.82. The predicted octanol–water partition coefficient (Wildman–Crippen LogP) is 3.58. The second-order valence-corrected chi connectivity index (χ2v) is 6.68. The number of amides is 2. The summed E-state index contributed by atoms with van der Waals surface area (Å²) in [5.74, 6) is -0.744. The van der Waals surface area contributed by atoms with Crippen LogP contribution in [0.3, 0.4) is 0 Å². The largest absolute Gasteiger partial charge is 0.366 e. The van der Waals surface area contributed by atoms with Gasteiger partial charge in [0, 0.05) is 13.1 Å². The van der Waals surface area contributed by atoms with Gasteiger partial charge in [0.25, 0.3) is 11.8 Å². The molecule has 1 heterocycles. The highest BCUT2D eigenvalue weighted by atomic mass is 35.5. The fraction of sp³-hybridized carbons (Fsp3) is 0.444.